The lowest BCUT2D eigenvalue weighted by molar-refractivity contribution is 0.606. The smallest absolute Gasteiger partial charge is 0.0988 e. The largest absolute Gasteiger partial charge is 0.392 e. The lowest BCUT2D eigenvalue weighted by Gasteiger charge is -2.08. The van der Waals surface area contributed by atoms with Crippen molar-refractivity contribution in [2.45, 2.75) is 19.9 Å². The molecule has 1 atom stereocenters. The Morgan fingerprint density at radius 1 is 1.82 bits per heavy atom. The van der Waals surface area contributed by atoms with Gasteiger partial charge in [0.2, 0.25) is 0 Å². The summed E-state index contributed by atoms with van der Waals surface area (Å²) in [5, 5.41) is 4.18. The molecule has 0 saturated carbocycles. The normalized spacial score (nSPS) is 12.9. The van der Waals surface area contributed by atoms with Crippen LogP contribution in [0.1, 0.15) is 18.7 Å². The van der Waals surface area contributed by atoms with E-state index in [-0.39, 0.29) is 6.04 Å². The molecule has 0 amide bonds. The fourth-order valence-electron chi connectivity index (χ4n) is 0.779. The van der Waals surface area contributed by atoms with Crippen molar-refractivity contribution in [2.24, 2.45) is 5.73 Å². The summed E-state index contributed by atoms with van der Waals surface area (Å²) in [5.74, 6) is 0. The summed E-state index contributed by atoms with van der Waals surface area (Å²) in [6.07, 6.45) is 1.87. The van der Waals surface area contributed by atoms with Crippen molar-refractivity contribution in [1.82, 2.24) is 9.78 Å². The first kappa shape index (κ1) is 8.20. The number of aromatic nitrogens is 2. The molecule has 1 aromatic rings. The third kappa shape index (κ3) is 1.77. The lowest BCUT2D eigenvalue weighted by Crippen LogP contribution is -2.22. The number of aryl methyl sites for hydroxylation is 1. The highest BCUT2D eigenvalue weighted by molar-refractivity contribution is 7.80. The molecule has 1 heterocycles. The predicted molar refractivity (Wildman–Crippen MR) is 48.5 cm³/mol. The molecule has 1 rings (SSSR count). The van der Waals surface area contributed by atoms with Crippen molar-refractivity contribution in [3.63, 3.8) is 0 Å². The fourth-order valence-corrected chi connectivity index (χ4v) is 0.887. The zero-order valence-electron chi connectivity index (χ0n) is 6.61. The van der Waals surface area contributed by atoms with E-state index in [4.69, 9.17) is 18.0 Å². The standard InChI is InChI=1S/C7H11N3S/c1-5-3-4-10(9-5)6(2)7(8)11/h3-4,6H,1-2H3,(H2,8,11). The molecule has 0 saturated heterocycles. The van der Waals surface area contributed by atoms with Crippen molar-refractivity contribution in [1.29, 1.82) is 0 Å². The Kier molecular flexibility index (Phi) is 2.24. The van der Waals surface area contributed by atoms with Gasteiger partial charge in [0, 0.05) is 6.20 Å². The summed E-state index contributed by atoms with van der Waals surface area (Å²) in [7, 11) is 0. The van der Waals surface area contributed by atoms with Crippen molar-refractivity contribution in [3.05, 3.63) is 18.0 Å². The molecule has 11 heavy (non-hydrogen) atoms. The Morgan fingerprint density at radius 3 is 2.82 bits per heavy atom. The molecule has 0 fully saturated rings. The fraction of sp³-hybridized carbons (Fsp3) is 0.429. The second-order valence-electron chi connectivity index (χ2n) is 2.52. The van der Waals surface area contributed by atoms with Crippen LogP contribution in [0.15, 0.2) is 12.3 Å². The molecule has 0 aliphatic heterocycles. The van der Waals surface area contributed by atoms with E-state index in [1.165, 1.54) is 0 Å². The zero-order chi connectivity index (χ0) is 8.43. The van der Waals surface area contributed by atoms with Crippen LogP contribution in [0.2, 0.25) is 0 Å². The first-order valence-corrected chi connectivity index (χ1v) is 3.83. The molecule has 60 valence electrons. The van der Waals surface area contributed by atoms with Crippen molar-refractivity contribution in [3.8, 4) is 0 Å². The van der Waals surface area contributed by atoms with Gasteiger partial charge in [0.1, 0.15) is 0 Å². The van der Waals surface area contributed by atoms with Gasteiger partial charge in [-0.05, 0) is 19.9 Å². The van der Waals surface area contributed by atoms with Crippen LogP contribution >= 0.6 is 12.2 Å². The van der Waals surface area contributed by atoms with E-state index < -0.39 is 0 Å². The van der Waals surface area contributed by atoms with E-state index >= 15 is 0 Å². The molecule has 0 bridgehead atoms. The maximum atomic E-state index is 5.45. The first-order chi connectivity index (χ1) is 5.11. The van der Waals surface area contributed by atoms with E-state index in [2.05, 4.69) is 5.10 Å². The number of hydrogen-bond donors (Lipinski definition) is 1. The Morgan fingerprint density at radius 2 is 2.45 bits per heavy atom. The van der Waals surface area contributed by atoms with E-state index in [9.17, 15) is 0 Å². The summed E-state index contributed by atoms with van der Waals surface area (Å²) in [6.45, 7) is 3.86. The molecule has 2 N–H and O–H groups in total. The predicted octanol–water partition coefficient (Wildman–Crippen LogP) is 1.04. The maximum absolute atomic E-state index is 5.45. The third-order valence-corrected chi connectivity index (χ3v) is 1.89. The van der Waals surface area contributed by atoms with Crippen LogP contribution in [0.5, 0.6) is 0 Å². The van der Waals surface area contributed by atoms with Crippen LogP contribution in [0.25, 0.3) is 0 Å². The van der Waals surface area contributed by atoms with E-state index in [0.717, 1.165) is 5.69 Å². The number of nitrogens with two attached hydrogens (primary N) is 1. The summed E-state index contributed by atoms with van der Waals surface area (Å²) < 4.78 is 1.76. The SMILES string of the molecule is Cc1ccn(C(C)C(N)=S)n1. The Labute approximate surface area is 71.2 Å². The van der Waals surface area contributed by atoms with Crippen LogP contribution < -0.4 is 5.73 Å². The van der Waals surface area contributed by atoms with Crippen molar-refractivity contribution >= 4 is 17.2 Å². The first-order valence-electron chi connectivity index (χ1n) is 3.42. The minimum atomic E-state index is 0.0127. The highest BCUT2D eigenvalue weighted by atomic mass is 32.1. The van der Waals surface area contributed by atoms with Crippen molar-refractivity contribution in [2.75, 3.05) is 0 Å². The van der Waals surface area contributed by atoms with E-state index in [0.29, 0.717) is 4.99 Å². The molecule has 1 unspecified atom stereocenters. The monoisotopic (exact) mass is 169 g/mol. The third-order valence-electron chi connectivity index (χ3n) is 1.55. The Balaban J connectivity index is 2.84. The van der Waals surface area contributed by atoms with Gasteiger partial charge in [-0.15, -0.1) is 0 Å². The molecule has 0 spiro atoms. The number of thiocarbonyl (C=S) groups is 1. The quantitative estimate of drug-likeness (QED) is 0.673. The second-order valence-corrected chi connectivity index (χ2v) is 2.99. The minimum Gasteiger partial charge on any atom is -0.392 e. The molecule has 0 radical (unpaired) electrons. The summed E-state index contributed by atoms with van der Waals surface area (Å²) in [5.41, 5.74) is 6.43. The number of rotatable bonds is 2. The van der Waals surface area contributed by atoms with Gasteiger partial charge < -0.3 is 5.73 Å². The van der Waals surface area contributed by atoms with Gasteiger partial charge in [0.05, 0.1) is 16.7 Å². The average Bonchev–Trinajstić information content (AvgIpc) is 2.34. The van der Waals surface area contributed by atoms with E-state index in [1.54, 1.807) is 4.68 Å². The molecule has 0 aliphatic rings. The van der Waals surface area contributed by atoms with Gasteiger partial charge in [-0.2, -0.15) is 5.10 Å². The molecular formula is C7H11N3S. The minimum absolute atomic E-state index is 0.0127. The van der Waals surface area contributed by atoms with Crippen molar-refractivity contribution < 1.29 is 0 Å². The second kappa shape index (κ2) is 3.00. The van der Waals surface area contributed by atoms with Crippen LogP contribution in [0.3, 0.4) is 0 Å². The molecule has 3 nitrogen and oxygen atoms in total. The summed E-state index contributed by atoms with van der Waals surface area (Å²) in [6, 6.07) is 1.94. The lowest BCUT2D eigenvalue weighted by atomic mass is 10.3. The molecule has 0 aromatic carbocycles. The van der Waals surface area contributed by atoms with Gasteiger partial charge in [0.15, 0.2) is 0 Å². The molecular weight excluding hydrogens is 158 g/mol. The zero-order valence-corrected chi connectivity index (χ0v) is 7.43. The van der Waals surface area contributed by atoms with Crippen LogP contribution in [0, 0.1) is 6.92 Å². The van der Waals surface area contributed by atoms with Gasteiger partial charge in [-0.3, -0.25) is 4.68 Å². The maximum Gasteiger partial charge on any atom is 0.0988 e. The van der Waals surface area contributed by atoms with Crippen LogP contribution in [-0.2, 0) is 0 Å². The highest BCUT2D eigenvalue weighted by Gasteiger charge is 2.06. The molecule has 4 heteroatoms. The number of hydrogen-bond acceptors (Lipinski definition) is 2. The van der Waals surface area contributed by atoms with E-state index in [1.807, 2.05) is 26.1 Å². The van der Waals surface area contributed by atoms with Crippen LogP contribution in [0.4, 0.5) is 0 Å². The summed E-state index contributed by atoms with van der Waals surface area (Å²) in [4.78, 5) is 0.466. The Bertz CT molecular complexity index is 266. The van der Waals surface area contributed by atoms with Gasteiger partial charge in [-0.1, -0.05) is 12.2 Å². The summed E-state index contributed by atoms with van der Waals surface area (Å²) >= 11 is 4.83. The van der Waals surface area contributed by atoms with Gasteiger partial charge in [0.25, 0.3) is 0 Å². The average molecular weight is 169 g/mol. The number of nitrogens with zero attached hydrogens (tertiary/aromatic N) is 2. The molecule has 0 aliphatic carbocycles. The van der Waals surface area contributed by atoms with Gasteiger partial charge >= 0.3 is 0 Å². The Hall–Kier alpha value is -0.900. The van der Waals surface area contributed by atoms with Gasteiger partial charge in [-0.25, -0.2) is 0 Å². The highest BCUT2D eigenvalue weighted by Crippen LogP contribution is 2.04. The van der Waals surface area contributed by atoms with Crippen LogP contribution in [-0.4, -0.2) is 14.8 Å². The molecule has 1 aromatic heterocycles. The topological polar surface area (TPSA) is 43.8 Å².